The van der Waals surface area contributed by atoms with E-state index in [0.717, 1.165) is 18.1 Å². The summed E-state index contributed by atoms with van der Waals surface area (Å²) >= 11 is 5.88. The van der Waals surface area contributed by atoms with Gasteiger partial charge in [-0.3, -0.25) is 0 Å². The summed E-state index contributed by atoms with van der Waals surface area (Å²) in [5, 5.41) is 4.32. The van der Waals surface area contributed by atoms with Gasteiger partial charge in [-0.25, -0.2) is 0 Å². The molecule has 1 N–H and O–H groups in total. The molecule has 2 rings (SSSR count). The summed E-state index contributed by atoms with van der Waals surface area (Å²) in [7, 11) is 0. The molecule has 0 aromatic heterocycles. The lowest BCUT2D eigenvalue weighted by Gasteiger charge is -2.37. The monoisotopic (exact) mass is 224 g/mol. The van der Waals surface area contributed by atoms with E-state index in [-0.39, 0.29) is 0 Å². The van der Waals surface area contributed by atoms with Crippen molar-refractivity contribution in [2.75, 3.05) is 18.0 Å². The molecule has 2 atom stereocenters. The van der Waals surface area contributed by atoms with Crippen molar-refractivity contribution in [3.8, 4) is 0 Å². The highest BCUT2D eigenvalue weighted by molar-refractivity contribution is 6.30. The minimum Gasteiger partial charge on any atom is -0.368 e. The van der Waals surface area contributed by atoms with Crippen molar-refractivity contribution in [2.45, 2.75) is 25.9 Å². The van der Waals surface area contributed by atoms with Crippen molar-refractivity contribution in [2.24, 2.45) is 0 Å². The second kappa shape index (κ2) is 4.42. The molecular formula is C12H17ClN2. The fourth-order valence-corrected chi connectivity index (χ4v) is 2.32. The summed E-state index contributed by atoms with van der Waals surface area (Å²) in [5.74, 6) is 0. The number of halogens is 1. The van der Waals surface area contributed by atoms with Gasteiger partial charge in [-0.1, -0.05) is 11.6 Å². The summed E-state index contributed by atoms with van der Waals surface area (Å²) in [6.07, 6.45) is 0. The maximum absolute atomic E-state index is 5.88. The van der Waals surface area contributed by atoms with Crippen LogP contribution in [0.25, 0.3) is 0 Å². The number of anilines is 1. The molecule has 0 bridgehead atoms. The molecule has 1 aliphatic rings. The standard InChI is InChI=1S/C12H17ClN2/c1-9-7-15(8-10(2)14-9)12-5-3-11(13)4-6-12/h3-6,9-10,14H,7-8H2,1-2H3. The summed E-state index contributed by atoms with van der Waals surface area (Å²) in [6.45, 7) is 6.56. The number of nitrogens with one attached hydrogen (secondary N) is 1. The van der Waals surface area contributed by atoms with E-state index >= 15 is 0 Å². The molecule has 1 aromatic rings. The van der Waals surface area contributed by atoms with Gasteiger partial charge in [0.2, 0.25) is 0 Å². The third-order valence-corrected chi connectivity index (χ3v) is 3.00. The van der Waals surface area contributed by atoms with Gasteiger partial charge in [0, 0.05) is 35.9 Å². The third-order valence-electron chi connectivity index (χ3n) is 2.75. The Morgan fingerprint density at radius 2 is 1.67 bits per heavy atom. The average molecular weight is 225 g/mol. The van der Waals surface area contributed by atoms with Gasteiger partial charge >= 0.3 is 0 Å². The van der Waals surface area contributed by atoms with Crippen molar-refractivity contribution in [1.82, 2.24) is 5.32 Å². The molecule has 0 aliphatic carbocycles. The first-order valence-corrected chi connectivity index (χ1v) is 5.79. The fourth-order valence-electron chi connectivity index (χ4n) is 2.19. The third kappa shape index (κ3) is 2.64. The normalized spacial score (nSPS) is 26.7. The number of hydrogen-bond donors (Lipinski definition) is 1. The Kier molecular flexibility index (Phi) is 3.17. The van der Waals surface area contributed by atoms with Crippen LogP contribution in [-0.4, -0.2) is 25.2 Å². The molecule has 1 fully saturated rings. The van der Waals surface area contributed by atoms with E-state index < -0.39 is 0 Å². The van der Waals surface area contributed by atoms with Gasteiger partial charge in [-0.05, 0) is 38.1 Å². The summed E-state index contributed by atoms with van der Waals surface area (Å²) in [4.78, 5) is 2.40. The van der Waals surface area contributed by atoms with Crippen LogP contribution in [-0.2, 0) is 0 Å². The molecule has 82 valence electrons. The smallest absolute Gasteiger partial charge is 0.0407 e. The lowest BCUT2D eigenvalue weighted by Crippen LogP contribution is -2.54. The maximum atomic E-state index is 5.88. The summed E-state index contributed by atoms with van der Waals surface area (Å²) in [5.41, 5.74) is 1.26. The second-order valence-electron chi connectivity index (χ2n) is 4.35. The number of piperazine rings is 1. The Morgan fingerprint density at radius 3 is 2.20 bits per heavy atom. The van der Waals surface area contributed by atoms with Gasteiger partial charge in [0.15, 0.2) is 0 Å². The molecule has 1 aromatic carbocycles. The van der Waals surface area contributed by atoms with Crippen LogP contribution in [0.1, 0.15) is 13.8 Å². The molecule has 0 saturated carbocycles. The van der Waals surface area contributed by atoms with E-state index in [0.29, 0.717) is 12.1 Å². The Labute approximate surface area is 96.2 Å². The number of benzene rings is 1. The van der Waals surface area contributed by atoms with Crippen molar-refractivity contribution in [1.29, 1.82) is 0 Å². The van der Waals surface area contributed by atoms with Gasteiger partial charge < -0.3 is 10.2 Å². The van der Waals surface area contributed by atoms with Crippen LogP contribution in [0.5, 0.6) is 0 Å². The van der Waals surface area contributed by atoms with Gasteiger partial charge in [0.25, 0.3) is 0 Å². The zero-order chi connectivity index (χ0) is 10.8. The number of rotatable bonds is 1. The molecule has 2 unspecified atom stereocenters. The molecule has 0 amide bonds. The first-order chi connectivity index (χ1) is 7.15. The lowest BCUT2D eigenvalue weighted by molar-refractivity contribution is 0.407. The van der Waals surface area contributed by atoms with E-state index in [9.17, 15) is 0 Å². The summed E-state index contributed by atoms with van der Waals surface area (Å²) in [6, 6.07) is 9.18. The van der Waals surface area contributed by atoms with Crippen molar-refractivity contribution in [3.05, 3.63) is 29.3 Å². The molecule has 1 aliphatic heterocycles. The highest BCUT2D eigenvalue weighted by Gasteiger charge is 2.20. The number of nitrogens with zero attached hydrogens (tertiary/aromatic N) is 1. The maximum Gasteiger partial charge on any atom is 0.0407 e. The molecule has 0 spiro atoms. The zero-order valence-corrected chi connectivity index (χ0v) is 9.96. The van der Waals surface area contributed by atoms with E-state index in [1.54, 1.807) is 0 Å². The SMILES string of the molecule is CC1CN(c2ccc(Cl)cc2)CC(C)N1. The highest BCUT2D eigenvalue weighted by Crippen LogP contribution is 2.20. The first-order valence-electron chi connectivity index (χ1n) is 5.41. The molecular weight excluding hydrogens is 208 g/mol. The molecule has 3 heteroatoms. The first kappa shape index (κ1) is 10.8. The Hall–Kier alpha value is -0.730. The van der Waals surface area contributed by atoms with Gasteiger partial charge in [-0.15, -0.1) is 0 Å². The van der Waals surface area contributed by atoms with Crippen LogP contribution in [0.4, 0.5) is 5.69 Å². The van der Waals surface area contributed by atoms with E-state index in [1.165, 1.54) is 5.69 Å². The Morgan fingerprint density at radius 1 is 1.13 bits per heavy atom. The van der Waals surface area contributed by atoms with Gasteiger partial charge in [-0.2, -0.15) is 0 Å². The minimum absolute atomic E-state index is 0.546. The molecule has 15 heavy (non-hydrogen) atoms. The van der Waals surface area contributed by atoms with Crippen LogP contribution in [0.2, 0.25) is 5.02 Å². The number of hydrogen-bond acceptors (Lipinski definition) is 2. The van der Waals surface area contributed by atoms with Crippen molar-refractivity contribution < 1.29 is 0 Å². The van der Waals surface area contributed by atoms with Crippen LogP contribution < -0.4 is 10.2 Å². The molecule has 0 radical (unpaired) electrons. The van der Waals surface area contributed by atoms with Crippen LogP contribution in [0.3, 0.4) is 0 Å². The summed E-state index contributed by atoms with van der Waals surface area (Å²) < 4.78 is 0. The van der Waals surface area contributed by atoms with Gasteiger partial charge in [0.05, 0.1) is 0 Å². The fraction of sp³-hybridized carbons (Fsp3) is 0.500. The Bertz CT molecular complexity index is 313. The minimum atomic E-state index is 0.546. The highest BCUT2D eigenvalue weighted by atomic mass is 35.5. The lowest BCUT2D eigenvalue weighted by atomic mass is 10.1. The topological polar surface area (TPSA) is 15.3 Å². The van der Waals surface area contributed by atoms with E-state index in [4.69, 9.17) is 11.6 Å². The molecule has 1 saturated heterocycles. The predicted molar refractivity (Wildman–Crippen MR) is 65.7 cm³/mol. The largest absolute Gasteiger partial charge is 0.368 e. The van der Waals surface area contributed by atoms with E-state index in [1.807, 2.05) is 12.1 Å². The zero-order valence-electron chi connectivity index (χ0n) is 9.20. The van der Waals surface area contributed by atoms with Crippen LogP contribution in [0, 0.1) is 0 Å². The van der Waals surface area contributed by atoms with Crippen molar-refractivity contribution >= 4 is 17.3 Å². The Balaban J connectivity index is 2.12. The van der Waals surface area contributed by atoms with Crippen LogP contribution >= 0.6 is 11.6 Å². The predicted octanol–water partition coefficient (Wildman–Crippen LogP) is 2.53. The van der Waals surface area contributed by atoms with Crippen LogP contribution in [0.15, 0.2) is 24.3 Å². The quantitative estimate of drug-likeness (QED) is 0.789. The second-order valence-corrected chi connectivity index (χ2v) is 4.79. The van der Waals surface area contributed by atoms with Crippen molar-refractivity contribution in [3.63, 3.8) is 0 Å². The average Bonchev–Trinajstić information content (AvgIpc) is 2.17. The van der Waals surface area contributed by atoms with Gasteiger partial charge in [0.1, 0.15) is 0 Å². The molecule has 1 heterocycles. The molecule has 2 nitrogen and oxygen atoms in total. The van der Waals surface area contributed by atoms with E-state index in [2.05, 4.69) is 36.2 Å².